The second kappa shape index (κ2) is 10.2. The highest BCUT2D eigenvalue weighted by atomic mass is 35.5. The summed E-state index contributed by atoms with van der Waals surface area (Å²) in [6.07, 6.45) is 0.0484. The maximum absolute atomic E-state index is 12.5. The van der Waals surface area contributed by atoms with Crippen LogP contribution in [0.15, 0.2) is 47.4 Å². The fraction of sp³-hybridized carbons (Fsp3) is 0.381. The molecule has 2 rings (SSSR count). The van der Waals surface area contributed by atoms with Gasteiger partial charge in [-0.15, -0.1) is 0 Å². The predicted octanol–water partition coefficient (Wildman–Crippen LogP) is 3.04. The average molecular weight is 438 g/mol. The molecule has 8 heteroatoms. The molecule has 0 spiro atoms. The van der Waals surface area contributed by atoms with Crippen LogP contribution in [0.2, 0.25) is 5.02 Å². The summed E-state index contributed by atoms with van der Waals surface area (Å²) in [4.78, 5) is 14.4. The lowest BCUT2D eigenvalue weighted by molar-refractivity contribution is -0.121. The van der Waals surface area contributed by atoms with Gasteiger partial charge in [0.05, 0.1) is 10.9 Å². The number of likely N-dealkylation sites (N-methyl/N-ethyl adjacent to an activating group) is 1. The molecule has 0 heterocycles. The molecule has 1 amide bonds. The van der Waals surface area contributed by atoms with Crippen molar-refractivity contribution < 1.29 is 13.2 Å². The molecule has 2 N–H and O–H groups in total. The molecule has 0 radical (unpaired) electrons. The highest BCUT2D eigenvalue weighted by Crippen LogP contribution is 2.25. The SMILES string of the molecule is Cc1ccc(C)c(S(=O)(=O)NCCC(=O)NCC(c2ccccc2Cl)N(C)C)c1. The summed E-state index contributed by atoms with van der Waals surface area (Å²) in [5, 5.41) is 3.50. The number of halogens is 1. The largest absolute Gasteiger partial charge is 0.354 e. The van der Waals surface area contributed by atoms with Crippen molar-refractivity contribution in [2.75, 3.05) is 27.2 Å². The van der Waals surface area contributed by atoms with Crippen LogP contribution in [0.1, 0.15) is 29.2 Å². The molecule has 2 aromatic carbocycles. The molecule has 0 saturated heterocycles. The number of carbonyl (C=O) groups is 1. The van der Waals surface area contributed by atoms with Crippen molar-refractivity contribution in [3.8, 4) is 0 Å². The van der Waals surface area contributed by atoms with Gasteiger partial charge in [0.2, 0.25) is 15.9 Å². The van der Waals surface area contributed by atoms with E-state index in [1.165, 1.54) is 0 Å². The van der Waals surface area contributed by atoms with Crippen molar-refractivity contribution in [3.63, 3.8) is 0 Å². The van der Waals surface area contributed by atoms with Crippen molar-refractivity contribution in [1.29, 1.82) is 0 Å². The van der Waals surface area contributed by atoms with Gasteiger partial charge in [-0.2, -0.15) is 0 Å². The van der Waals surface area contributed by atoms with E-state index in [0.29, 0.717) is 17.1 Å². The van der Waals surface area contributed by atoms with Crippen LogP contribution < -0.4 is 10.0 Å². The first-order chi connectivity index (χ1) is 13.6. The van der Waals surface area contributed by atoms with Gasteiger partial charge in [0.25, 0.3) is 0 Å². The Labute approximate surface area is 178 Å². The number of benzene rings is 2. The van der Waals surface area contributed by atoms with Crippen LogP contribution in [-0.4, -0.2) is 46.4 Å². The van der Waals surface area contributed by atoms with Crippen LogP contribution in [0.3, 0.4) is 0 Å². The number of nitrogens with one attached hydrogen (secondary N) is 2. The lowest BCUT2D eigenvalue weighted by Crippen LogP contribution is -2.36. The molecular weight excluding hydrogens is 410 g/mol. The van der Waals surface area contributed by atoms with E-state index in [1.807, 2.05) is 56.3 Å². The van der Waals surface area contributed by atoms with Crippen LogP contribution in [-0.2, 0) is 14.8 Å². The Morgan fingerprint density at radius 3 is 2.48 bits per heavy atom. The number of rotatable bonds is 9. The minimum absolute atomic E-state index is 0.0280. The quantitative estimate of drug-likeness (QED) is 0.632. The molecule has 0 aliphatic heterocycles. The topological polar surface area (TPSA) is 78.5 Å². The first kappa shape index (κ1) is 23.3. The van der Waals surface area contributed by atoms with Gasteiger partial charge in [-0.1, -0.05) is 41.9 Å². The number of hydrogen-bond acceptors (Lipinski definition) is 4. The van der Waals surface area contributed by atoms with Crippen LogP contribution in [0.4, 0.5) is 0 Å². The van der Waals surface area contributed by atoms with Crippen LogP contribution in [0.25, 0.3) is 0 Å². The standard InChI is InChI=1S/C21H28ClN3O3S/c1-15-9-10-16(2)20(13-15)29(27,28)24-12-11-21(26)23-14-19(25(3)4)17-7-5-6-8-18(17)22/h5-10,13,19,24H,11-12,14H2,1-4H3,(H,23,26). The molecule has 0 fully saturated rings. The van der Waals surface area contributed by atoms with E-state index >= 15 is 0 Å². The summed E-state index contributed by atoms with van der Waals surface area (Å²) in [6.45, 7) is 3.99. The minimum Gasteiger partial charge on any atom is -0.354 e. The third-order valence-electron chi connectivity index (χ3n) is 4.66. The lowest BCUT2D eigenvalue weighted by atomic mass is 10.1. The Kier molecular flexibility index (Phi) is 8.22. The normalized spacial score (nSPS) is 12.8. The molecule has 0 aromatic heterocycles. The van der Waals surface area contributed by atoms with Gasteiger partial charge in [-0.3, -0.25) is 4.79 Å². The Morgan fingerprint density at radius 2 is 1.83 bits per heavy atom. The molecule has 2 aromatic rings. The van der Waals surface area contributed by atoms with Gasteiger partial charge in [0.1, 0.15) is 0 Å². The Hall–Kier alpha value is -1.93. The fourth-order valence-corrected chi connectivity index (χ4v) is 4.61. The highest BCUT2D eigenvalue weighted by molar-refractivity contribution is 7.89. The summed E-state index contributed by atoms with van der Waals surface area (Å²) in [6, 6.07) is 12.7. The summed E-state index contributed by atoms with van der Waals surface area (Å²) in [5.74, 6) is -0.229. The Bertz CT molecular complexity index is 961. The fourth-order valence-electron chi connectivity index (χ4n) is 2.99. The van der Waals surface area contributed by atoms with Crippen molar-refractivity contribution >= 4 is 27.5 Å². The summed E-state index contributed by atoms with van der Waals surface area (Å²) < 4.78 is 27.5. The molecule has 158 valence electrons. The Morgan fingerprint density at radius 1 is 1.14 bits per heavy atom. The van der Waals surface area contributed by atoms with Gasteiger partial charge in [0.15, 0.2) is 0 Å². The smallest absolute Gasteiger partial charge is 0.240 e. The molecule has 1 unspecified atom stereocenters. The second-order valence-corrected chi connectivity index (χ2v) is 9.36. The highest BCUT2D eigenvalue weighted by Gasteiger charge is 2.19. The van der Waals surface area contributed by atoms with E-state index in [0.717, 1.165) is 11.1 Å². The molecule has 0 saturated carbocycles. The van der Waals surface area contributed by atoms with Crippen LogP contribution in [0, 0.1) is 13.8 Å². The predicted molar refractivity (Wildman–Crippen MR) is 117 cm³/mol. The molecule has 0 aliphatic carbocycles. The second-order valence-electron chi connectivity index (χ2n) is 7.22. The van der Waals surface area contributed by atoms with E-state index < -0.39 is 10.0 Å². The van der Waals surface area contributed by atoms with Crippen molar-refractivity contribution in [1.82, 2.24) is 14.9 Å². The van der Waals surface area contributed by atoms with Gasteiger partial charge in [-0.05, 0) is 56.8 Å². The summed E-state index contributed by atoms with van der Waals surface area (Å²) >= 11 is 6.28. The average Bonchev–Trinajstić information content (AvgIpc) is 2.64. The van der Waals surface area contributed by atoms with Crippen molar-refractivity contribution in [2.45, 2.75) is 31.2 Å². The van der Waals surface area contributed by atoms with Gasteiger partial charge < -0.3 is 10.2 Å². The number of nitrogens with zero attached hydrogens (tertiary/aromatic N) is 1. The zero-order valence-electron chi connectivity index (χ0n) is 17.2. The number of sulfonamides is 1. The first-order valence-corrected chi connectivity index (χ1v) is 11.2. The van der Waals surface area contributed by atoms with Crippen LogP contribution in [0.5, 0.6) is 0 Å². The maximum Gasteiger partial charge on any atom is 0.240 e. The van der Waals surface area contributed by atoms with E-state index in [1.54, 1.807) is 19.1 Å². The van der Waals surface area contributed by atoms with E-state index in [9.17, 15) is 13.2 Å². The Balaban J connectivity index is 1.91. The number of hydrogen-bond donors (Lipinski definition) is 2. The molecule has 6 nitrogen and oxygen atoms in total. The van der Waals surface area contributed by atoms with Crippen molar-refractivity contribution in [2.24, 2.45) is 0 Å². The minimum atomic E-state index is -3.66. The maximum atomic E-state index is 12.5. The molecule has 0 aliphatic rings. The molecule has 0 bridgehead atoms. The summed E-state index contributed by atoms with van der Waals surface area (Å²) in [7, 11) is 0.172. The van der Waals surface area contributed by atoms with Gasteiger partial charge in [-0.25, -0.2) is 13.1 Å². The monoisotopic (exact) mass is 437 g/mol. The number of carbonyl (C=O) groups excluding carboxylic acids is 1. The van der Waals surface area contributed by atoms with Crippen LogP contribution >= 0.6 is 11.6 Å². The molecular formula is C21H28ClN3O3S. The third kappa shape index (κ3) is 6.54. The zero-order valence-corrected chi connectivity index (χ0v) is 18.8. The number of aryl methyl sites for hydroxylation is 2. The van der Waals surface area contributed by atoms with Gasteiger partial charge >= 0.3 is 0 Å². The lowest BCUT2D eigenvalue weighted by Gasteiger charge is -2.26. The number of amides is 1. The summed E-state index contributed by atoms with van der Waals surface area (Å²) in [5.41, 5.74) is 2.46. The third-order valence-corrected chi connectivity index (χ3v) is 6.60. The van der Waals surface area contributed by atoms with Crippen molar-refractivity contribution in [3.05, 3.63) is 64.2 Å². The first-order valence-electron chi connectivity index (χ1n) is 9.36. The van der Waals surface area contributed by atoms with E-state index in [-0.39, 0.29) is 29.8 Å². The zero-order chi connectivity index (χ0) is 21.6. The van der Waals surface area contributed by atoms with E-state index in [4.69, 9.17) is 11.6 Å². The molecule has 29 heavy (non-hydrogen) atoms. The van der Waals surface area contributed by atoms with E-state index in [2.05, 4.69) is 10.0 Å². The van der Waals surface area contributed by atoms with Gasteiger partial charge in [0, 0.05) is 24.5 Å². The molecule has 1 atom stereocenters.